The van der Waals surface area contributed by atoms with Gasteiger partial charge in [-0.05, 0) is 30.0 Å². The SMILES string of the molecule is Cc1ccccc1N1CCN(c2ncnc3sccc23)CC1. The number of hydrogen-bond acceptors (Lipinski definition) is 5. The summed E-state index contributed by atoms with van der Waals surface area (Å²) in [5.74, 6) is 1.08. The number of aromatic nitrogens is 2. The molecular weight excluding hydrogens is 292 g/mol. The topological polar surface area (TPSA) is 32.3 Å². The number of fused-ring (bicyclic) bond motifs is 1. The first-order valence-corrected chi connectivity index (χ1v) is 8.44. The van der Waals surface area contributed by atoms with Crippen molar-refractivity contribution in [1.82, 2.24) is 9.97 Å². The van der Waals surface area contributed by atoms with Gasteiger partial charge < -0.3 is 9.80 Å². The molecule has 0 atom stereocenters. The second kappa shape index (κ2) is 5.57. The van der Waals surface area contributed by atoms with Crippen molar-refractivity contribution in [3.05, 3.63) is 47.6 Å². The predicted molar refractivity (Wildman–Crippen MR) is 93.0 cm³/mol. The molecule has 0 N–H and O–H groups in total. The number of benzene rings is 1. The van der Waals surface area contributed by atoms with E-state index >= 15 is 0 Å². The molecule has 0 unspecified atom stereocenters. The average molecular weight is 310 g/mol. The van der Waals surface area contributed by atoms with Crippen LogP contribution in [-0.2, 0) is 0 Å². The fourth-order valence-corrected chi connectivity index (χ4v) is 3.83. The van der Waals surface area contributed by atoms with E-state index in [9.17, 15) is 0 Å². The van der Waals surface area contributed by atoms with Crippen molar-refractivity contribution in [2.24, 2.45) is 0 Å². The van der Waals surface area contributed by atoms with Gasteiger partial charge in [-0.1, -0.05) is 18.2 Å². The van der Waals surface area contributed by atoms with Crippen molar-refractivity contribution in [3.8, 4) is 0 Å². The zero-order chi connectivity index (χ0) is 14.9. The number of anilines is 2. The second-order valence-corrected chi connectivity index (χ2v) is 6.49. The predicted octanol–water partition coefficient (Wildman–Crippen LogP) is 3.33. The molecule has 0 saturated carbocycles. The molecule has 0 amide bonds. The maximum absolute atomic E-state index is 4.52. The Morgan fingerprint density at radius 3 is 2.55 bits per heavy atom. The average Bonchev–Trinajstić information content (AvgIpc) is 3.04. The minimum Gasteiger partial charge on any atom is -0.368 e. The second-order valence-electron chi connectivity index (χ2n) is 5.60. The van der Waals surface area contributed by atoms with Gasteiger partial charge in [0.15, 0.2) is 0 Å². The zero-order valence-electron chi connectivity index (χ0n) is 12.6. The summed E-state index contributed by atoms with van der Waals surface area (Å²) in [6, 6.07) is 10.7. The summed E-state index contributed by atoms with van der Waals surface area (Å²) in [4.78, 5) is 14.8. The Kier molecular flexibility index (Phi) is 3.42. The van der Waals surface area contributed by atoms with E-state index in [1.165, 1.54) is 16.6 Å². The van der Waals surface area contributed by atoms with Gasteiger partial charge in [0.25, 0.3) is 0 Å². The minimum absolute atomic E-state index is 0.996. The van der Waals surface area contributed by atoms with Crippen LogP contribution in [0.5, 0.6) is 0 Å². The molecule has 4 nitrogen and oxygen atoms in total. The van der Waals surface area contributed by atoms with Crippen molar-refractivity contribution in [2.75, 3.05) is 36.0 Å². The summed E-state index contributed by atoms with van der Waals surface area (Å²) in [7, 11) is 0. The van der Waals surface area contributed by atoms with E-state index < -0.39 is 0 Å². The number of thiophene rings is 1. The molecule has 0 bridgehead atoms. The Balaban J connectivity index is 1.55. The number of hydrogen-bond donors (Lipinski definition) is 0. The zero-order valence-corrected chi connectivity index (χ0v) is 13.4. The maximum atomic E-state index is 4.52. The lowest BCUT2D eigenvalue weighted by molar-refractivity contribution is 0.648. The molecule has 1 saturated heterocycles. The Morgan fingerprint density at radius 2 is 1.73 bits per heavy atom. The van der Waals surface area contributed by atoms with Crippen molar-refractivity contribution in [1.29, 1.82) is 0 Å². The molecule has 0 aliphatic carbocycles. The molecule has 112 valence electrons. The summed E-state index contributed by atoms with van der Waals surface area (Å²) in [6.07, 6.45) is 1.68. The number of nitrogens with zero attached hydrogens (tertiary/aromatic N) is 4. The van der Waals surface area contributed by atoms with Crippen molar-refractivity contribution in [3.63, 3.8) is 0 Å². The summed E-state index contributed by atoms with van der Waals surface area (Å²) in [6.45, 7) is 6.23. The molecule has 2 aromatic heterocycles. The minimum atomic E-state index is 0.996. The normalized spacial score (nSPS) is 15.5. The van der Waals surface area contributed by atoms with E-state index in [0.717, 1.165) is 36.8 Å². The van der Waals surface area contributed by atoms with Crippen LogP contribution in [-0.4, -0.2) is 36.1 Å². The van der Waals surface area contributed by atoms with Crippen LogP contribution in [0.1, 0.15) is 5.56 Å². The molecule has 5 heteroatoms. The van der Waals surface area contributed by atoms with E-state index in [4.69, 9.17) is 0 Å². The summed E-state index contributed by atoms with van der Waals surface area (Å²) < 4.78 is 0. The highest BCUT2D eigenvalue weighted by atomic mass is 32.1. The highest BCUT2D eigenvalue weighted by molar-refractivity contribution is 7.16. The largest absolute Gasteiger partial charge is 0.368 e. The number of piperazine rings is 1. The van der Waals surface area contributed by atoms with Crippen molar-refractivity contribution >= 4 is 33.1 Å². The molecule has 3 heterocycles. The van der Waals surface area contributed by atoms with Crippen molar-refractivity contribution < 1.29 is 0 Å². The van der Waals surface area contributed by atoms with Crippen LogP contribution in [0.3, 0.4) is 0 Å². The Hall–Kier alpha value is -2.14. The highest BCUT2D eigenvalue weighted by Gasteiger charge is 2.21. The lowest BCUT2D eigenvalue weighted by Gasteiger charge is -2.37. The van der Waals surface area contributed by atoms with Gasteiger partial charge in [0.2, 0.25) is 0 Å². The molecule has 1 fully saturated rings. The van der Waals surface area contributed by atoms with Gasteiger partial charge in [-0.2, -0.15) is 0 Å². The van der Waals surface area contributed by atoms with Gasteiger partial charge in [0.05, 0.1) is 5.39 Å². The summed E-state index contributed by atoms with van der Waals surface area (Å²) >= 11 is 1.68. The molecule has 1 aromatic carbocycles. The highest BCUT2D eigenvalue weighted by Crippen LogP contribution is 2.28. The van der Waals surface area contributed by atoms with Crippen LogP contribution in [0, 0.1) is 6.92 Å². The lowest BCUT2D eigenvalue weighted by Crippen LogP contribution is -2.47. The fraction of sp³-hybridized carbons (Fsp3) is 0.294. The molecule has 4 rings (SSSR count). The Labute approximate surface area is 134 Å². The van der Waals surface area contributed by atoms with E-state index in [1.807, 2.05) is 0 Å². The quantitative estimate of drug-likeness (QED) is 0.727. The Morgan fingerprint density at radius 1 is 0.955 bits per heavy atom. The standard InChI is InChI=1S/C17H18N4S/c1-13-4-2-3-5-15(13)20-7-9-21(10-8-20)16-14-6-11-22-17(14)19-12-18-16/h2-6,11-12H,7-10H2,1H3. The number of para-hydroxylation sites is 1. The van der Waals surface area contributed by atoms with E-state index in [2.05, 4.69) is 62.4 Å². The Bertz CT molecular complexity index is 790. The number of aryl methyl sites for hydroxylation is 1. The van der Waals surface area contributed by atoms with E-state index in [0.29, 0.717) is 0 Å². The summed E-state index contributed by atoms with van der Waals surface area (Å²) in [5.41, 5.74) is 2.70. The smallest absolute Gasteiger partial charge is 0.140 e. The van der Waals surface area contributed by atoms with Gasteiger partial charge in [-0.25, -0.2) is 9.97 Å². The first-order valence-electron chi connectivity index (χ1n) is 7.56. The van der Waals surface area contributed by atoms with Crippen LogP contribution < -0.4 is 9.80 Å². The fourth-order valence-electron chi connectivity index (χ4n) is 3.11. The molecule has 3 aromatic rings. The van der Waals surface area contributed by atoms with Crippen molar-refractivity contribution in [2.45, 2.75) is 6.92 Å². The summed E-state index contributed by atoms with van der Waals surface area (Å²) in [5, 5.41) is 3.27. The third-order valence-electron chi connectivity index (χ3n) is 4.28. The monoisotopic (exact) mass is 310 g/mol. The first-order chi connectivity index (χ1) is 10.8. The van der Waals surface area contributed by atoms with Gasteiger partial charge in [0.1, 0.15) is 17.0 Å². The molecule has 22 heavy (non-hydrogen) atoms. The lowest BCUT2D eigenvalue weighted by atomic mass is 10.1. The van der Waals surface area contributed by atoms with Crippen LogP contribution in [0.15, 0.2) is 42.0 Å². The van der Waals surface area contributed by atoms with E-state index in [-0.39, 0.29) is 0 Å². The number of rotatable bonds is 2. The van der Waals surface area contributed by atoms with Crippen LogP contribution >= 0.6 is 11.3 Å². The van der Waals surface area contributed by atoms with Gasteiger partial charge >= 0.3 is 0 Å². The maximum Gasteiger partial charge on any atom is 0.140 e. The van der Waals surface area contributed by atoms with Crippen LogP contribution in [0.25, 0.3) is 10.2 Å². The molecular formula is C17H18N4S. The molecule has 0 radical (unpaired) electrons. The third kappa shape index (κ3) is 2.31. The molecule has 1 aliphatic rings. The van der Waals surface area contributed by atoms with Crippen LogP contribution in [0.4, 0.5) is 11.5 Å². The van der Waals surface area contributed by atoms with Gasteiger partial charge in [-0.15, -0.1) is 11.3 Å². The van der Waals surface area contributed by atoms with E-state index in [1.54, 1.807) is 17.7 Å². The van der Waals surface area contributed by atoms with Gasteiger partial charge in [-0.3, -0.25) is 0 Å². The van der Waals surface area contributed by atoms with Crippen LogP contribution in [0.2, 0.25) is 0 Å². The van der Waals surface area contributed by atoms with Gasteiger partial charge in [0, 0.05) is 31.9 Å². The molecule has 1 aliphatic heterocycles. The molecule has 0 spiro atoms. The first kappa shape index (κ1) is 13.5. The third-order valence-corrected chi connectivity index (χ3v) is 5.10.